The Hall–Kier alpha value is -2.94. The highest BCUT2D eigenvalue weighted by Gasteiger charge is 2.38. The van der Waals surface area contributed by atoms with E-state index in [1.54, 1.807) is 12.1 Å². The van der Waals surface area contributed by atoms with Crippen molar-refractivity contribution in [1.29, 1.82) is 0 Å². The van der Waals surface area contributed by atoms with E-state index >= 15 is 0 Å². The lowest BCUT2D eigenvalue weighted by Gasteiger charge is -2.16. The van der Waals surface area contributed by atoms with Gasteiger partial charge in [0.1, 0.15) is 5.21 Å². The Morgan fingerprint density at radius 3 is 2.44 bits per heavy atom. The molecule has 1 aromatic heterocycles. The number of aromatic nitrogens is 3. The summed E-state index contributed by atoms with van der Waals surface area (Å²) in [4.78, 5) is 0. The molecule has 1 aliphatic rings. The fourth-order valence-electron chi connectivity index (χ4n) is 3.33. The van der Waals surface area contributed by atoms with Gasteiger partial charge in [-0.25, -0.2) is 4.39 Å². The van der Waals surface area contributed by atoms with Gasteiger partial charge < -0.3 is 10.6 Å². The molecule has 0 spiro atoms. The normalized spacial score (nSPS) is 15.7. The largest absolute Gasteiger partial charge is 0.870 e. The molecule has 0 fully saturated rings. The van der Waals surface area contributed by atoms with Crippen LogP contribution >= 0.6 is 0 Å². The Balaban J connectivity index is 0.00000210. The number of aromatic hydroxyl groups is 1. The standard InChI is InChI=1S/C18H13F4N3O.H2O/c1-10-9-11-3-2-4-14(19)16(11)25-15(10)17(26)24(23-25)13-7-5-12(6-8-13)18(20,21)22;/h2-8,10H,9H2,1H3;1H2. The van der Waals surface area contributed by atoms with Gasteiger partial charge in [-0.15, -0.1) is 0 Å². The van der Waals surface area contributed by atoms with Crippen LogP contribution in [0.3, 0.4) is 0 Å². The third kappa shape index (κ3) is 2.93. The van der Waals surface area contributed by atoms with Crippen molar-refractivity contribution in [3.63, 3.8) is 0 Å². The van der Waals surface area contributed by atoms with E-state index in [9.17, 15) is 22.7 Å². The van der Waals surface area contributed by atoms with Crippen LogP contribution in [0.1, 0.15) is 29.7 Å². The fourth-order valence-corrected chi connectivity index (χ4v) is 3.33. The predicted molar refractivity (Wildman–Crippen MR) is 85.8 cm³/mol. The molecule has 1 aliphatic heterocycles. The highest BCUT2D eigenvalue weighted by Crippen LogP contribution is 2.34. The van der Waals surface area contributed by atoms with Gasteiger partial charge >= 0.3 is 12.1 Å². The lowest BCUT2D eigenvalue weighted by Crippen LogP contribution is -2.43. The van der Waals surface area contributed by atoms with Gasteiger partial charge in [0, 0.05) is 11.5 Å². The topological polar surface area (TPSA) is 71.9 Å². The van der Waals surface area contributed by atoms with E-state index in [0.29, 0.717) is 12.1 Å². The summed E-state index contributed by atoms with van der Waals surface area (Å²) in [5.41, 5.74) is 0.883. The lowest BCUT2D eigenvalue weighted by molar-refractivity contribution is -0.674. The summed E-state index contributed by atoms with van der Waals surface area (Å²) >= 11 is 0. The van der Waals surface area contributed by atoms with Crippen LogP contribution in [-0.2, 0) is 12.6 Å². The molecule has 0 aliphatic carbocycles. The van der Waals surface area contributed by atoms with E-state index in [0.717, 1.165) is 22.4 Å². The zero-order valence-electron chi connectivity index (χ0n) is 14.1. The minimum absolute atomic E-state index is 0. The van der Waals surface area contributed by atoms with Crippen LogP contribution < -0.4 is 4.68 Å². The molecule has 2 aromatic carbocycles. The predicted octanol–water partition coefficient (Wildman–Crippen LogP) is 3.50. The minimum atomic E-state index is -4.45. The average molecular weight is 381 g/mol. The smallest absolute Gasteiger partial charge is 0.416 e. The second kappa shape index (κ2) is 6.34. The molecule has 4 rings (SSSR count). The summed E-state index contributed by atoms with van der Waals surface area (Å²) in [6.45, 7) is 1.87. The Morgan fingerprint density at radius 1 is 1.15 bits per heavy atom. The van der Waals surface area contributed by atoms with E-state index in [2.05, 4.69) is 5.21 Å². The summed E-state index contributed by atoms with van der Waals surface area (Å²) in [6, 6.07) is 8.97. The van der Waals surface area contributed by atoms with Crippen LogP contribution in [0.25, 0.3) is 11.4 Å². The highest BCUT2D eigenvalue weighted by molar-refractivity contribution is 5.43. The van der Waals surface area contributed by atoms with Crippen molar-refractivity contribution in [2.24, 2.45) is 0 Å². The number of benzene rings is 2. The maximum Gasteiger partial charge on any atom is 0.416 e. The molecule has 2 heterocycles. The number of halogens is 4. The van der Waals surface area contributed by atoms with Crippen LogP contribution in [-0.4, -0.2) is 20.5 Å². The molecule has 0 amide bonds. The Kier molecular flexibility index (Phi) is 4.43. The third-order valence-electron chi connectivity index (χ3n) is 4.55. The van der Waals surface area contributed by atoms with E-state index in [1.807, 2.05) is 6.92 Å². The van der Waals surface area contributed by atoms with Gasteiger partial charge in [-0.1, -0.05) is 28.4 Å². The Bertz CT molecular complexity index is 997. The van der Waals surface area contributed by atoms with Crippen LogP contribution in [0.4, 0.5) is 17.6 Å². The molecule has 9 heteroatoms. The molecule has 0 radical (unpaired) electrons. The van der Waals surface area contributed by atoms with E-state index in [-0.39, 0.29) is 28.6 Å². The number of fused-ring (bicyclic) bond motifs is 3. The van der Waals surface area contributed by atoms with Gasteiger partial charge in [0.15, 0.2) is 17.2 Å². The molecule has 5 nitrogen and oxygen atoms in total. The Labute approximate surface area is 151 Å². The van der Waals surface area contributed by atoms with Crippen molar-refractivity contribution in [3.05, 3.63) is 65.1 Å². The molecule has 0 saturated carbocycles. The summed E-state index contributed by atoms with van der Waals surface area (Å²) in [5.74, 6) is -0.823. The number of hydrogen-bond acceptors (Lipinski definition) is 3. The van der Waals surface area contributed by atoms with Crippen molar-refractivity contribution in [2.75, 3.05) is 0 Å². The first kappa shape index (κ1) is 18.8. The van der Waals surface area contributed by atoms with Crippen LogP contribution in [0.5, 0.6) is 5.88 Å². The SMILES string of the molecule is CC1Cc2cccc(F)c2-[n+]2nn(-c3ccc(C(F)(F)F)cc3)c(O)c21.[OH-]. The van der Waals surface area contributed by atoms with Crippen molar-refractivity contribution >= 4 is 0 Å². The molecule has 1 atom stereocenters. The molecular weight excluding hydrogens is 366 g/mol. The van der Waals surface area contributed by atoms with Crippen LogP contribution in [0.2, 0.25) is 0 Å². The molecule has 1 unspecified atom stereocenters. The third-order valence-corrected chi connectivity index (χ3v) is 4.55. The maximum absolute atomic E-state index is 14.3. The average Bonchev–Trinajstić information content (AvgIpc) is 2.92. The van der Waals surface area contributed by atoms with E-state index in [4.69, 9.17) is 0 Å². The van der Waals surface area contributed by atoms with E-state index < -0.39 is 17.6 Å². The number of para-hydroxylation sites is 1. The molecule has 142 valence electrons. The quantitative estimate of drug-likeness (QED) is 0.518. The first-order valence-electron chi connectivity index (χ1n) is 7.97. The first-order valence-corrected chi connectivity index (χ1v) is 7.97. The summed E-state index contributed by atoms with van der Waals surface area (Å²) in [6.07, 6.45) is -3.92. The number of rotatable bonds is 1. The van der Waals surface area contributed by atoms with Crippen molar-refractivity contribution in [3.8, 4) is 17.3 Å². The lowest BCUT2D eigenvalue weighted by atomic mass is 9.93. The summed E-state index contributed by atoms with van der Waals surface area (Å²) < 4.78 is 55.0. The van der Waals surface area contributed by atoms with Gasteiger partial charge in [-0.3, -0.25) is 0 Å². The van der Waals surface area contributed by atoms with Gasteiger partial charge in [0.25, 0.3) is 0 Å². The number of alkyl halides is 3. The fraction of sp³-hybridized carbons (Fsp3) is 0.222. The zero-order valence-corrected chi connectivity index (χ0v) is 14.1. The van der Waals surface area contributed by atoms with Gasteiger partial charge in [-0.2, -0.15) is 13.2 Å². The van der Waals surface area contributed by atoms with Gasteiger partial charge in [0.05, 0.1) is 5.56 Å². The summed E-state index contributed by atoms with van der Waals surface area (Å²) in [5, 5.41) is 14.8. The van der Waals surface area contributed by atoms with Crippen molar-refractivity contribution in [1.82, 2.24) is 9.90 Å². The van der Waals surface area contributed by atoms with Crippen LogP contribution in [0.15, 0.2) is 42.5 Å². The second-order valence-electron chi connectivity index (χ2n) is 6.32. The van der Waals surface area contributed by atoms with Crippen molar-refractivity contribution in [2.45, 2.75) is 25.4 Å². The van der Waals surface area contributed by atoms with Crippen LogP contribution in [0, 0.1) is 5.82 Å². The Morgan fingerprint density at radius 2 is 1.81 bits per heavy atom. The first-order chi connectivity index (χ1) is 12.3. The van der Waals surface area contributed by atoms with Crippen molar-refractivity contribution < 1.29 is 32.8 Å². The molecule has 3 aromatic rings. The number of hydrogen-bond donors (Lipinski definition) is 1. The minimum Gasteiger partial charge on any atom is -0.870 e. The number of nitrogens with zero attached hydrogens (tertiary/aromatic N) is 3. The molecule has 0 saturated heterocycles. The monoisotopic (exact) mass is 381 g/mol. The molecule has 27 heavy (non-hydrogen) atoms. The molecular formula is C18H15F4N3O2. The zero-order chi connectivity index (χ0) is 18.6. The van der Waals surface area contributed by atoms with Gasteiger partial charge in [-0.05, 0) is 36.8 Å². The summed E-state index contributed by atoms with van der Waals surface area (Å²) in [7, 11) is 0. The maximum atomic E-state index is 14.3. The molecule has 0 bridgehead atoms. The second-order valence-corrected chi connectivity index (χ2v) is 6.32. The highest BCUT2D eigenvalue weighted by atomic mass is 19.4. The molecule has 2 N–H and O–H groups in total. The van der Waals surface area contributed by atoms with E-state index in [1.165, 1.54) is 22.9 Å². The van der Waals surface area contributed by atoms with Gasteiger partial charge in [0.2, 0.25) is 5.69 Å².